The van der Waals surface area contributed by atoms with E-state index in [-0.39, 0.29) is 10.9 Å². The molecule has 120 valence electrons. The van der Waals surface area contributed by atoms with Gasteiger partial charge in [-0.2, -0.15) is 0 Å². The molecule has 0 aliphatic carbocycles. The summed E-state index contributed by atoms with van der Waals surface area (Å²) >= 11 is 0. The first kappa shape index (κ1) is 15.4. The van der Waals surface area contributed by atoms with Crippen molar-refractivity contribution in [3.05, 3.63) is 47.5 Å². The highest BCUT2D eigenvalue weighted by atomic mass is 32.2. The van der Waals surface area contributed by atoms with Crippen molar-refractivity contribution in [1.82, 2.24) is 15.0 Å². The van der Waals surface area contributed by atoms with Gasteiger partial charge in [0.1, 0.15) is 17.3 Å². The molecule has 0 atom stereocenters. The lowest BCUT2D eigenvalue weighted by Crippen LogP contribution is -2.10. The quantitative estimate of drug-likeness (QED) is 0.791. The Hall–Kier alpha value is -2.48. The lowest BCUT2D eigenvalue weighted by atomic mass is 10.2. The van der Waals surface area contributed by atoms with Gasteiger partial charge in [-0.05, 0) is 31.2 Å². The number of methoxy groups -OCH3 is 1. The number of hydrogen-bond acceptors (Lipinski definition) is 5. The highest BCUT2D eigenvalue weighted by molar-refractivity contribution is 7.90. The van der Waals surface area contributed by atoms with E-state index in [1.807, 2.05) is 0 Å². The zero-order valence-corrected chi connectivity index (χ0v) is 13.3. The molecule has 0 saturated carbocycles. The number of halogens is 1. The van der Waals surface area contributed by atoms with E-state index in [9.17, 15) is 12.8 Å². The van der Waals surface area contributed by atoms with Crippen LogP contribution in [0.1, 0.15) is 11.3 Å². The molecule has 0 bridgehead atoms. The van der Waals surface area contributed by atoms with Crippen LogP contribution in [0.25, 0.3) is 11.0 Å². The van der Waals surface area contributed by atoms with Crippen LogP contribution in [0.3, 0.4) is 0 Å². The molecule has 0 unspecified atom stereocenters. The summed E-state index contributed by atoms with van der Waals surface area (Å²) in [5.41, 5.74) is 1.76. The zero-order valence-electron chi connectivity index (χ0n) is 12.5. The van der Waals surface area contributed by atoms with Gasteiger partial charge in [0, 0.05) is 11.8 Å². The molecule has 2 heterocycles. The number of ether oxygens (including phenoxy) is 1. The zero-order chi connectivity index (χ0) is 16.6. The van der Waals surface area contributed by atoms with Gasteiger partial charge in [-0.15, -0.1) is 0 Å². The van der Waals surface area contributed by atoms with E-state index in [0.717, 1.165) is 0 Å². The van der Waals surface area contributed by atoms with Crippen LogP contribution in [0.2, 0.25) is 0 Å². The summed E-state index contributed by atoms with van der Waals surface area (Å²) in [5.74, 6) is -0.217. The Morgan fingerprint density at radius 3 is 2.83 bits per heavy atom. The lowest BCUT2D eigenvalue weighted by Gasteiger charge is -2.08. The molecular weight excluding hydrogens is 321 g/mol. The number of nitrogens with one attached hydrogen (secondary N) is 1. The van der Waals surface area contributed by atoms with E-state index in [2.05, 4.69) is 15.0 Å². The van der Waals surface area contributed by atoms with Gasteiger partial charge in [-0.25, -0.2) is 17.8 Å². The summed E-state index contributed by atoms with van der Waals surface area (Å²) in [6.45, 7) is 1.74. The number of sulfone groups is 1. The van der Waals surface area contributed by atoms with E-state index >= 15 is 0 Å². The minimum Gasteiger partial charge on any atom is -0.496 e. The molecule has 0 aliphatic rings. The summed E-state index contributed by atoms with van der Waals surface area (Å²) in [6, 6.07) is 5.52. The van der Waals surface area contributed by atoms with Crippen molar-refractivity contribution in [2.24, 2.45) is 0 Å². The van der Waals surface area contributed by atoms with E-state index in [1.54, 1.807) is 13.0 Å². The number of hydrogen-bond donors (Lipinski definition) is 1. The third-order valence-electron chi connectivity index (χ3n) is 3.52. The third-order valence-corrected chi connectivity index (χ3v) is 4.96. The second-order valence-corrected chi connectivity index (χ2v) is 6.95. The molecule has 0 fully saturated rings. The van der Waals surface area contributed by atoms with Gasteiger partial charge in [-0.1, -0.05) is 0 Å². The van der Waals surface area contributed by atoms with Crippen LogP contribution in [0.5, 0.6) is 5.75 Å². The second-order valence-electron chi connectivity index (χ2n) is 5.05. The summed E-state index contributed by atoms with van der Waals surface area (Å²) in [6.07, 6.45) is 1.49. The maximum Gasteiger partial charge on any atom is 0.226 e. The van der Waals surface area contributed by atoms with E-state index in [1.165, 1.54) is 31.5 Å². The van der Waals surface area contributed by atoms with Crippen LogP contribution in [-0.2, 0) is 15.6 Å². The molecule has 6 nitrogen and oxygen atoms in total. The van der Waals surface area contributed by atoms with E-state index < -0.39 is 15.7 Å². The van der Waals surface area contributed by atoms with Crippen LogP contribution in [0, 0.1) is 12.7 Å². The van der Waals surface area contributed by atoms with Crippen LogP contribution in [0.15, 0.2) is 35.6 Å². The molecule has 0 amide bonds. The summed E-state index contributed by atoms with van der Waals surface area (Å²) < 4.78 is 43.5. The average molecular weight is 335 g/mol. The van der Waals surface area contributed by atoms with Gasteiger partial charge in [0.05, 0.1) is 23.8 Å². The number of fused-ring (bicyclic) bond motifs is 1. The smallest absolute Gasteiger partial charge is 0.226 e. The fraction of sp³-hybridized carbons (Fsp3) is 0.200. The molecule has 0 aliphatic heterocycles. The number of aromatic amines is 1. The summed E-state index contributed by atoms with van der Waals surface area (Å²) in [5, 5.41) is -0.206. The summed E-state index contributed by atoms with van der Waals surface area (Å²) in [4.78, 5) is 10.8. The first-order chi connectivity index (χ1) is 10.9. The largest absolute Gasteiger partial charge is 0.496 e. The second kappa shape index (κ2) is 5.62. The monoisotopic (exact) mass is 335 g/mol. The normalized spacial score (nSPS) is 11.8. The van der Waals surface area contributed by atoms with Crippen LogP contribution < -0.4 is 4.74 Å². The third kappa shape index (κ3) is 2.89. The van der Waals surface area contributed by atoms with E-state index in [4.69, 9.17) is 4.74 Å². The Morgan fingerprint density at radius 2 is 2.09 bits per heavy atom. The summed E-state index contributed by atoms with van der Waals surface area (Å²) in [7, 11) is -2.23. The SMILES string of the molecule is COc1ccnc(CS(=O)(=O)c2nc3ccc(F)cc3[nH]2)c1C. The number of pyridine rings is 1. The molecule has 0 spiro atoms. The van der Waals surface area contributed by atoms with Gasteiger partial charge < -0.3 is 9.72 Å². The van der Waals surface area contributed by atoms with Crippen LogP contribution in [0.4, 0.5) is 4.39 Å². The van der Waals surface area contributed by atoms with Crippen LogP contribution >= 0.6 is 0 Å². The minimum atomic E-state index is -3.74. The number of H-pyrrole nitrogens is 1. The highest BCUT2D eigenvalue weighted by Crippen LogP contribution is 2.23. The maximum absolute atomic E-state index is 13.2. The first-order valence-corrected chi connectivity index (χ1v) is 8.42. The van der Waals surface area contributed by atoms with Crippen molar-refractivity contribution in [1.29, 1.82) is 0 Å². The Labute approximate surface area is 132 Å². The van der Waals surface area contributed by atoms with Crippen molar-refractivity contribution in [3.63, 3.8) is 0 Å². The van der Waals surface area contributed by atoms with Crippen molar-refractivity contribution in [2.45, 2.75) is 17.8 Å². The number of nitrogens with zero attached hydrogens (tertiary/aromatic N) is 2. The van der Waals surface area contributed by atoms with Gasteiger partial charge in [0.15, 0.2) is 0 Å². The Kier molecular flexibility index (Phi) is 3.77. The van der Waals surface area contributed by atoms with Crippen LogP contribution in [-0.4, -0.2) is 30.5 Å². The van der Waals surface area contributed by atoms with Gasteiger partial charge in [-0.3, -0.25) is 4.98 Å². The van der Waals surface area contributed by atoms with Crippen molar-refractivity contribution < 1.29 is 17.5 Å². The average Bonchev–Trinajstić information content (AvgIpc) is 2.93. The van der Waals surface area contributed by atoms with Gasteiger partial charge in [0.25, 0.3) is 0 Å². The topological polar surface area (TPSA) is 84.9 Å². The minimum absolute atomic E-state index is 0.206. The molecule has 0 saturated heterocycles. The molecule has 3 rings (SSSR count). The Morgan fingerprint density at radius 1 is 1.30 bits per heavy atom. The Bertz CT molecular complexity index is 983. The number of imidazole rings is 1. The van der Waals surface area contributed by atoms with Gasteiger partial charge >= 0.3 is 0 Å². The van der Waals surface area contributed by atoms with Crippen molar-refractivity contribution in [2.75, 3.05) is 7.11 Å². The standard InChI is InChI=1S/C15H14FN3O3S/c1-9-13(17-6-5-14(9)22-2)8-23(20,21)15-18-11-4-3-10(16)7-12(11)19-15/h3-7H,8H2,1-2H3,(H,18,19). The first-order valence-electron chi connectivity index (χ1n) is 6.77. The van der Waals surface area contributed by atoms with E-state index in [0.29, 0.717) is 28.0 Å². The molecule has 3 aromatic rings. The van der Waals surface area contributed by atoms with Crippen molar-refractivity contribution in [3.8, 4) is 5.75 Å². The number of aromatic nitrogens is 3. The molecule has 1 N–H and O–H groups in total. The molecule has 23 heavy (non-hydrogen) atoms. The highest BCUT2D eigenvalue weighted by Gasteiger charge is 2.22. The molecule has 2 aromatic heterocycles. The Balaban J connectivity index is 2.00. The van der Waals surface area contributed by atoms with Crippen molar-refractivity contribution >= 4 is 20.9 Å². The fourth-order valence-electron chi connectivity index (χ4n) is 2.28. The maximum atomic E-state index is 13.2. The number of rotatable bonds is 4. The predicted molar refractivity (Wildman–Crippen MR) is 82.5 cm³/mol. The lowest BCUT2D eigenvalue weighted by molar-refractivity contribution is 0.410. The molecular formula is C15H14FN3O3S. The predicted octanol–water partition coefficient (Wildman–Crippen LogP) is 2.39. The fourth-order valence-corrected chi connectivity index (χ4v) is 3.57. The number of benzene rings is 1. The molecule has 1 aromatic carbocycles. The van der Waals surface area contributed by atoms with Gasteiger partial charge in [0.2, 0.25) is 15.0 Å². The molecule has 8 heteroatoms. The molecule has 0 radical (unpaired) electrons.